The first-order chi connectivity index (χ1) is 7.41. The molecule has 0 aromatic heterocycles. The van der Waals surface area contributed by atoms with Gasteiger partial charge in [-0.05, 0) is 30.5 Å². The second kappa shape index (κ2) is 5.07. The van der Waals surface area contributed by atoms with E-state index in [0.29, 0.717) is 0 Å². The van der Waals surface area contributed by atoms with Crippen LogP contribution in [-0.4, -0.2) is 11.9 Å². The molecule has 4 heteroatoms. The fraction of sp³-hybridized carbons (Fsp3) is 0.417. The predicted molar refractivity (Wildman–Crippen MR) is 62.6 cm³/mol. The molecule has 0 radical (unpaired) electrons. The normalized spacial score (nSPS) is 12.6. The van der Waals surface area contributed by atoms with Gasteiger partial charge in [0.25, 0.3) is 0 Å². The Balaban J connectivity index is 2.80. The number of amides is 1. The lowest BCUT2D eigenvalue weighted by molar-refractivity contribution is -0.118. The molecular weight excluding hydrogens is 207 g/mol. The molecule has 16 heavy (non-hydrogen) atoms. The molecule has 1 atom stereocenters. The third-order valence-electron chi connectivity index (χ3n) is 2.40. The lowest BCUT2D eigenvalue weighted by Gasteiger charge is -2.15. The van der Waals surface area contributed by atoms with E-state index in [0.717, 1.165) is 5.56 Å². The summed E-state index contributed by atoms with van der Waals surface area (Å²) < 4.78 is 13.3. The molecular formula is C12H17FN2O. The molecule has 0 fully saturated rings. The highest BCUT2D eigenvalue weighted by Crippen LogP contribution is 2.16. The van der Waals surface area contributed by atoms with Gasteiger partial charge in [0.05, 0.1) is 11.7 Å². The molecule has 88 valence electrons. The Labute approximate surface area is 94.8 Å². The Kier molecular flexibility index (Phi) is 4.01. The molecule has 1 unspecified atom stereocenters. The summed E-state index contributed by atoms with van der Waals surface area (Å²) in [6.45, 7) is 5.52. The van der Waals surface area contributed by atoms with Crippen LogP contribution in [0.1, 0.15) is 19.4 Å². The number of nitrogens with one attached hydrogen (secondary N) is 1. The molecule has 0 aliphatic heterocycles. The highest BCUT2D eigenvalue weighted by Gasteiger charge is 2.18. The van der Waals surface area contributed by atoms with Crippen LogP contribution in [0.15, 0.2) is 18.2 Å². The number of benzene rings is 1. The van der Waals surface area contributed by atoms with Gasteiger partial charge < -0.3 is 11.1 Å². The van der Waals surface area contributed by atoms with Gasteiger partial charge in [0.15, 0.2) is 0 Å². The van der Waals surface area contributed by atoms with Crippen LogP contribution in [0.25, 0.3) is 0 Å². The highest BCUT2D eigenvalue weighted by atomic mass is 19.1. The van der Waals surface area contributed by atoms with Crippen molar-refractivity contribution < 1.29 is 9.18 Å². The zero-order valence-electron chi connectivity index (χ0n) is 9.75. The Bertz CT molecular complexity index is 391. The molecule has 0 aliphatic carbocycles. The van der Waals surface area contributed by atoms with Crippen LogP contribution in [0.5, 0.6) is 0 Å². The van der Waals surface area contributed by atoms with Crippen molar-refractivity contribution in [2.75, 3.05) is 5.32 Å². The molecule has 1 amide bonds. The summed E-state index contributed by atoms with van der Waals surface area (Å²) in [6.07, 6.45) is 0. The number of anilines is 1. The maximum atomic E-state index is 13.3. The molecule has 0 heterocycles. The molecule has 0 saturated heterocycles. The molecule has 1 aromatic carbocycles. The Morgan fingerprint density at radius 1 is 1.44 bits per heavy atom. The summed E-state index contributed by atoms with van der Waals surface area (Å²) in [5.41, 5.74) is 6.73. The van der Waals surface area contributed by atoms with Gasteiger partial charge in [-0.3, -0.25) is 4.79 Å². The van der Waals surface area contributed by atoms with Crippen molar-refractivity contribution in [3.63, 3.8) is 0 Å². The van der Waals surface area contributed by atoms with E-state index in [2.05, 4.69) is 5.32 Å². The third-order valence-corrected chi connectivity index (χ3v) is 2.40. The average molecular weight is 224 g/mol. The number of hydrogen-bond acceptors (Lipinski definition) is 2. The van der Waals surface area contributed by atoms with E-state index in [9.17, 15) is 9.18 Å². The minimum atomic E-state index is -0.625. The molecule has 1 aromatic rings. The quantitative estimate of drug-likeness (QED) is 0.825. The topological polar surface area (TPSA) is 55.1 Å². The number of halogens is 1. The first-order valence-electron chi connectivity index (χ1n) is 5.24. The van der Waals surface area contributed by atoms with Crippen LogP contribution in [0, 0.1) is 18.7 Å². The van der Waals surface area contributed by atoms with E-state index < -0.39 is 11.9 Å². The Morgan fingerprint density at radius 3 is 2.62 bits per heavy atom. The Morgan fingerprint density at radius 2 is 2.06 bits per heavy atom. The van der Waals surface area contributed by atoms with Crippen LogP contribution in [-0.2, 0) is 4.79 Å². The van der Waals surface area contributed by atoms with Gasteiger partial charge in [-0.2, -0.15) is 0 Å². The fourth-order valence-electron chi connectivity index (χ4n) is 1.25. The lowest BCUT2D eigenvalue weighted by Crippen LogP contribution is -2.39. The fourth-order valence-corrected chi connectivity index (χ4v) is 1.25. The molecule has 3 nitrogen and oxygen atoms in total. The predicted octanol–water partition coefficient (Wildman–Crippen LogP) is 2.06. The summed E-state index contributed by atoms with van der Waals surface area (Å²) in [7, 11) is 0. The van der Waals surface area contributed by atoms with Gasteiger partial charge in [0.1, 0.15) is 5.82 Å². The van der Waals surface area contributed by atoms with Crippen molar-refractivity contribution in [2.24, 2.45) is 11.7 Å². The van der Waals surface area contributed by atoms with Crippen LogP contribution in [0.3, 0.4) is 0 Å². The third kappa shape index (κ3) is 3.03. The minimum absolute atomic E-state index is 0.0212. The number of rotatable bonds is 3. The summed E-state index contributed by atoms with van der Waals surface area (Å²) in [5.74, 6) is -0.790. The van der Waals surface area contributed by atoms with Crippen LogP contribution in [0.2, 0.25) is 0 Å². The van der Waals surface area contributed by atoms with Crippen molar-refractivity contribution in [3.05, 3.63) is 29.6 Å². The summed E-state index contributed by atoms with van der Waals surface area (Å²) >= 11 is 0. The van der Waals surface area contributed by atoms with E-state index in [4.69, 9.17) is 5.73 Å². The number of nitrogens with two attached hydrogens (primary N) is 1. The number of aryl methyl sites for hydroxylation is 1. The first-order valence-corrected chi connectivity index (χ1v) is 5.24. The van der Waals surface area contributed by atoms with Gasteiger partial charge in [0, 0.05) is 0 Å². The van der Waals surface area contributed by atoms with Gasteiger partial charge in [-0.15, -0.1) is 0 Å². The van der Waals surface area contributed by atoms with E-state index in [-0.39, 0.29) is 17.5 Å². The molecule has 3 N–H and O–H groups in total. The molecule has 0 bridgehead atoms. The summed E-state index contributed by atoms with van der Waals surface area (Å²) in [4.78, 5) is 11.6. The monoisotopic (exact) mass is 224 g/mol. The lowest BCUT2D eigenvalue weighted by atomic mass is 10.0. The van der Waals surface area contributed by atoms with E-state index in [1.807, 2.05) is 20.8 Å². The summed E-state index contributed by atoms with van der Waals surface area (Å²) in [5, 5.41) is 2.49. The Hall–Kier alpha value is -1.42. The van der Waals surface area contributed by atoms with E-state index in [1.165, 1.54) is 6.07 Å². The van der Waals surface area contributed by atoms with Crippen molar-refractivity contribution >= 4 is 11.6 Å². The van der Waals surface area contributed by atoms with E-state index >= 15 is 0 Å². The minimum Gasteiger partial charge on any atom is -0.322 e. The zero-order valence-corrected chi connectivity index (χ0v) is 9.75. The first kappa shape index (κ1) is 12.6. The van der Waals surface area contributed by atoms with Crippen molar-refractivity contribution in [2.45, 2.75) is 26.8 Å². The standard InChI is InChI=1S/C12H17FN2O/c1-7(2)11(14)12(16)15-10-6-8(3)4-5-9(10)13/h4-7,11H,14H2,1-3H3,(H,15,16). The molecule has 0 spiro atoms. The smallest absolute Gasteiger partial charge is 0.241 e. The second-order valence-corrected chi connectivity index (χ2v) is 4.24. The zero-order chi connectivity index (χ0) is 12.3. The van der Waals surface area contributed by atoms with Crippen LogP contribution in [0.4, 0.5) is 10.1 Å². The van der Waals surface area contributed by atoms with Gasteiger partial charge in [-0.1, -0.05) is 19.9 Å². The van der Waals surface area contributed by atoms with Crippen LogP contribution < -0.4 is 11.1 Å². The number of hydrogen-bond donors (Lipinski definition) is 2. The second-order valence-electron chi connectivity index (χ2n) is 4.24. The van der Waals surface area contributed by atoms with Gasteiger partial charge >= 0.3 is 0 Å². The van der Waals surface area contributed by atoms with E-state index in [1.54, 1.807) is 12.1 Å². The van der Waals surface area contributed by atoms with Gasteiger partial charge in [0.2, 0.25) is 5.91 Å². The van der Waals surface area contributed by atoms with Gasteiger partial charge in [-0.25, -0.2) is 4.39 Å². The molecule has 1 rings (SSSR count). The average Bonchev–Trinajstić information content (AvgIpc) is 2.22. The van der Waals surface area contributed by atoms with Crippen molar-refractivity contribution in [3.8, 4) is 0 Å². The highest BCUT2D eigenvalue weighted by molar-refractivity contribution is 5.95. The summed E-state index contributed by atoms with van der Waals surface area (Å²) in [6, 6.07) is 3.93. The van der Waals surface area contributed by atoms with Crippen molar-refractivity contribution in [1.29, 1.82) is 0 Å². The number of carbonyl (C=O) groups is 1. The largest absolute Gasteiger partial charge is 0.322 e. The SMILES string of the molecule is Cc1ccc(F)c(NC(=O)C(N)C(C)C)c1. The van der Waals surface area contributed by atoms with Crippen molar-refractivity contribution in [1.82, 2.24) is 0 Å². The maximum absolute atomic E-state index is 13.3. The van der Waals surface area contributed by atoms with Crippen LogP contribution >= 0.6 is 0 Å². The molecule has 0 aliphatic rings. The number of carbonyl (C=O) groups excluding carboxylic acids is 1. The molecule has 0 saturated carbocycles. The maximum Gasteiger partial charge on any atom is 0.241 e.